The Morgan fingerprint density at radius 3 is 2.57 bits per heavy atom. The van der Waals surface area contributed by atoms with E-state index in [1.54, 1.807) is 11.3 Å². The minimum absolute atomic E-state index is 0.212. The highest BCUT2D eigenvalue weighted by Gasteiger charge is 2.19. The Kier molecular flexibility index (Phi) is 6.27. The second kappa shape index (κ2) is 8.20. The predicted octanol–water partition coefficient (Wildman–Crippen LogP) is 4.93. The van der Waals surface area contributed by atoms with Gasteiger partial charge in [0.05, 0.1) is 12.6 Å². The molecule has 0 bridgehead atoms. The second-order valence-corrected chi connectivity index (χ2v) is 6.03. The molecule has 21 heavy (non-hydrogen) atoms. The van der Waals surface area contributed by atoms with Gasteiger partial charge in [0.1, 0.15) is 5.75 Å². The zero-order valence-corrected chi connectivity index (χ0v) is 14.0. The molecule has 0 saturated heterocycles. The minimum atomic E-state index is 0.212. The average molecular weight is 303 g/mol. The predicted molar refractivity (Wildman–Crippen MR) is 91.4 cm³/mol. The third-order valence-electron chi connectivity index (χ3n) is 3.50. The SMILES string of the molecule is CCCNC(c1cscc1C)c1ccccc1OCCC. The highest BCUT2D eigenvalue weighted by Crippen LogP contribution is 2.33. The first-order valence-corrected chi connectivity index (χ1v) is 8.70. The lowest BCUT2D eigenvalue weighted by atomic mass is 9.97. The molecule has 0 radical (unpaired) electrons. The Bertz CT molecular complexity index is 550. The number of benzene rings is 1. The molecule has 0 fully saturated rings. The monoisotopic (exact) mass is 303 g/mol. The molecule has 0 aliphatic rings. The lowest BCUT2D eigenvalue weighted by Crippen LogP contribution is -2.24. The fourth-order valence-electron chi connectivity index (χ4n) is 2.40. The zero-order chi connectivity index (χ0) is 15.1. The fourth-order valence-corrected chi connectivity index (χ4v) is 3.28. The van der Waals surface area contributed by atoms with Crippen LogP contribution in [-0.2, 0) is 0 Å². The van der Waals surface area contributed by atoms with Gasteiger partial charge in [0.25, 0.3) is 0 Å². The number of aryl methyl sites for hydroxylation is 1. The van der Waals surface area contributed by atoms with E-state index in [1.807, 2.05) is 6.07 Å². The van der Waals surface area contributed by atoms with Crippen LogP contribution < -0.4 is 10.1 Å². The van der Waals surface area contributed by atoms with Gasteiger partial charge in [-0.3, -0.25) is 0 Å². The van der Waals surface area contributed by atoms with Crippen LogP contribution in [0.3, 0.4) is 0 Å². The molecule has 1 unspecified atom stereocenters. The number of rotatable bonds is 8. The first kappa shape index (κ1) is 16.1. The quantitative estimate of drug-likeness (QED) is 0.746. The molecule has 1 atom stereocenters. The van der Waals surface area contributed by atoms with Gasteiger partial charge in [0, 0.05) is 5.56 Å². The van der Waals surface area contributed by atoms with Gasteiger partial charge in [-0.05, 0) is 54.3 Å². The number of hydrogen-bond acceptors (Lipinski definition) is 3. The van der Waals surface area contributed by atoms with Crippen LogP contribution in [0.25, 0.3) is 0 Å². The Balaban J connectivity index is 2.34. The average Bonchev–Trinajstić information content (AvgIpc) is 2.93. The summed E-state index contributed by atoms with van der Waals surface area (Å²) in [6.45, 7) is 8.28. The molecule has 3 heteroatoms. The van der Waals surface area contributed by atoms with Crippen molar-refractivity contribution in [2.45, 2.75) is 39.7 Å². The number of hydrogen-bond donors (Lipinski definition) is 1. The van der Waals surface area contributed by atoms with Crippen LogP contribution in [0.1, 0.15) is 49.4 Å². The summed E-state index contributed by atoms with van der Waals surface area (Å²) >= 11 is 1.77. The summed E-state index contributed by atoms with van der Waals surface area (Å²) in [4.78, 5) is 0. The maximum Gasteiger partial charge on any atom is 0.124 e. The van der Waals surface area contributed by atoms with E-state index in [0.717, 1.165) is 31.7 Å². The molecular formula is C18H25NOS. The molecule has 0 amide bonds. The molecule has 2 nitrogen and oxygen atoms in total. The second-order valence-electron chi connectivity index (χ2n) is 5.28. The number of para-hydroxylation sites is 1. The van der Waals surface area contributed by atoms with Crippen molar-refractivity contribution in [2.75, 3.05) is 13.2 Å². The lowest BCUT2D eigenvalue weighted by Gasteiger charge is -2.22. The van der Waals surface area contributed by atoms with Crippen LogP contribution in [-0.4, -0.2) is 13.2 Å². The highest BCUT2D eigenvalue weighted by atomic mass is 32.1. The maximum absolute atomic E-state index is 5.95. The van der Waals surface area contributed by atoms with Crippen LogP contribution in [0.4, 0.5) is 0 Å². The molecule has 0 aliphatic heterocycles. The molecule has 2 aromatic rings. The Morgan fingerprint density at radius 2 is 1.90 bits per heavy atom. The van der Waals surface area contributed by atoms with Gasteiger partial charge in [-0.15, -0.1) is 0 Å². The molecule has 0 saturated carbocycles. The largest absolute Gasteiger partial charge is 0.493 e. The molecule has 1 aromatic carbocycles. The van der Waals surface area contributed by atoms with E-state index in [2.05, 4.69) is 55.0 Å². The van der Waals surface area contributed by atoms with Gasteiger partial charge in [-0.2, -0.15) is 11.3 Å². The van der Waals surface area contributed by atoms with Crippen molar-refractivity contribution in [1.29, 1.82) is 0 Å². The Hall–Kier alpha value is -1.32. The summed E-state index contributed by atoms with van der Waals surface area (Å²) in [5.74, 6) is 0.999. The van der Waals surface area contributed by atoms with Gasteiger partial charge in [-0.1, -0.05) is 32.0 Å². The summed E-state index contributed by atoms with van der Waals surface area (Å²) in [5, 5.41) is 8.14. The molecule has 1 heterocycles. The van der Waals surface area contributed by atoms with Crippen molar-refractivity contribution in [3.63, 3.8) is 0 Å². The summed E-state index contributed by atoms with van der Waals surface area (Å²) in [6, 6.07) is 8.61. The summed E-state index contributed by atoms with van der Waals surface area (Å²) < 4.78 is 5.95. The van der Waals surface area contributed by atoms with E-state index in [4.69, 9.17) is 4.74 Å². The van der Waals surface area contributed by atoms with Crippen molar-refractivity contribution in [2.24, 2.45) is 0 Å². The molecule has 1 N–H and O–H groups in total. The highest BCUT2D eigenvalue weighted by molar-refractivity contribution is 7.08. The van der Waals surface area contributed by atoms with Crippen LogP contribution >= 0.6 is 11.3 Å². The normalized spacial score (nSPS) is 12.3. The number of thiophene rings is 1. The van der Waals surface area contributed by atoms with Crippen molar-refractivity contribution >= 4 is 11.3 Å². The van der Waals surface area contributed by atoms with Crippen molar-refractivity contribution in [3.05, 3.63) is 51.7 Å². The van der Waals surface area contributed by atoms with E-state index >= 15 is 0 Å². The third kappa shape index (κ3) is 4.08. The third-order valence-corrected chi connectivity index (χ3v) is 4.38. The zero-order valence-electron chi connectivity index (χ0n) is 13.2. The first-order valence-electron chi connectivity index (χ1n) is 7.75. The van der Waals surface area contributed by atoms with Crippen LogP contribution in [0.2, 0.25) is 0 Å². The van der Waals surface area contributed by atoms with Crippen molar-refractivity contribution in [3.8, 4) is 5.75 Å². The number of nitrogens with one attached hydrogen (secondary N) is 1. The van der Waals surface area contributed by atoms with Crippen molar-refractivity contribution in [1.82, 2.24) is 5.32 Å². The Morgan fingerprint density at radius 1 is 1.10 bits per heavy atom. The van der Waals surface area contributed by atoms with Gasteiger partial charge >= 0.3 is 0 Å². The standard InChI is InChI=1S/C18H25NOS/c1-4-10-19-18(16-13-21-12-14(16)3)15-8-6-7-9-17(15)20-11-5-2/h6-9,12-13,18-19H,4-5,10-11H2,1-3H3. The van der Waals surface area contributed by atoms with E-state index in [9.17, 15) is 0 Å². The van der Waals surface area contributed by atoms with Gasteiger partial charge in [0.2, 0.25) is 0 Å². The maximum atomic E-state index is 5.95. The summed E-state index contributed by atoms with van der Waals surface area (Å²) in [5.41, 5.74) is 3.95. The smallest absolute Gasteiger partial charge is 0.124 e. The van der Waals surface area contributed by atoms with Crippen molar-refractivity contribution < 1.29 is 4.74 Å². The first-order chi connectivity index (χ1) is 10.3. The summed E-state index contributed by atoms with van der Waals surface area (Å²) in [6.07, 6.45) is 2.15. The molecule has 2 rings (SSSR count). The van der Waals surface area contributed by atoms with E-state index in [0.29, 0.717) is 0 Å². The topological polar surface area (TPSA) is 21.3 Å². The van der Waals surface area contributed by atoms with Crippen LogP contribution in [0, 0.1) is 6.92 Å². The fraction of sp³-hybridized carbons (Fsp3) is 0.444. The van der Waals surface area contributed by atoms with E-state index in [1.165, 1.54) is 16.7 Å². The molecule has 1 aromatic heterocycles. The molecular weight excluding hydrogens is 278 g/mol. The minimum Gasteiger partial charge on any atom is -0.493 e. The molecule has 114 valence electrons. The van der Waals surface area contributed by atoms with E-state index < -0.39 is 0 Å². The van der Waals surface area contributed by atoms with Crippen LogP contribution in [0.15, 0.2) is 35.0 Å². The Labute approximate surface area is 132 Å². The molecule has 0 spiro atoms. The van der Waals surface area contributed by atoms with Gasteiger partial charge in [-0.25, -0.2) is 0 Å². The van der Waals surface area contributed by atoms with Gasteiger partial charge in [0.15, 0.2) is 0 Å². The lowest BCUT2D eigenvalue weighted by molar-refractivity contribution is 0.311. The number of ether oxygens (including phenoxy) is 1. The summed E-state index contributed by atoms with van der Waals surface area (Å²) in [7, 11) is 0. The van der Waals surface area contributed by atoms with Gasteiger partial charge < -0.3 is 10.1 Å². The van der Waals surface area contributed by atoms with Crippen LogP contribution in [0.5, 0.6) is 5.75 Å². The molecule has 0 aliphatic carbocycles. The van der Waals surface area contributed by atoms with E-state index in [-0.39, 0.29) is 6.04 Å².